The third-order valence-corrected chi connectivity index (χ3v) is 4.36. The molecule has 1 aromatic heterocycles. The second-order valence-corrected chi connectivity index (χ2v) is 5.69. The highest BCUT2D eigenvalue weighted by molar-refractivity contribution is 5.77. The van der Waals surface area contributed by atoms with Crippen molar-refractivity contribution in [2.75, 3.05) is 13.6 Å². The van der Waals surface area contributed by atoms with Crippen LogP contribution in [0.4, 0.5) is 0 Å². The summed E-state index contributed by atoms with van der Waals surface area (Å²) in [5, 5.41) is 3.20. The zero-order valence-corrected chi connectivity index (χ0v) is 11.9. The number of hydrogen-bond acceptors (Lipinski definition) is 2. The largest absolute Gasteiger partial charge is 0.331 e. The summed E-state index contributed by atoms with van der Waals surface area (Å²) < 4.78 is 2.30. The van der Waals surface area contributed by atoms with Crippen LogP contribution in [-0.2, 0) is 13.5 Å². The van der Waals surface area contributed by atoms with Crippen molar-refractivity contribution in [3.05, 3.63) is 29.6 Å². The molecular weight excluding hydrogens is 234 g/mol. The maximum atomic E-state index is 4.91. The molecule has 19 heavy (non-hydrogen) atoms. The molecule has 2 aromatic rings. The zero-order chi connectivity index (χ0) is 13.2. The molecule has 1 aliphatic rings. The predicted molar refractivity (Wildman–Crippen MR) is 79.6 cm³/mol. The molecule has 1 heterocycles. The van der Waals surface area contributed by atoms with Crippen LogP contribution in [0, 0.1) is 0 Å². The number of fused-ring (bicyclic) bond motifs is 1. The third kappa shape index (κ3) is 2.39. The van der Waals surface area contributed by atoms with Gasteiger partial charge in [-0.15, -0.1) is 0 Å². The van der Waals surface area contributed by atoms with E-state index >= 15 is 0 Å². The van der Waals surface area contributed by atoms with Crippen LogP contribution in [-0.4, -0.2) is 23.1 Å². The van der Waals surface area contributed by atoms with E-state index in [9.17, 15) is 0 Å². The topological polar surface area (TPSA) is 29.9 Å². The Morgan fingerprint density at radius 3 is 2.84 bits per heavy atom. The van der Waals surface area contributed by atoms with Crippen LogP contribution in [0.15, 0.2) is 18.2 Å². The molecule has 1 N–H and O–H groups in total. The molecular formula is C16H23N3. The molecule has 3 nitrogen and oxygen atoms in total. The van der Waals surface area contributed by atoms with E-state index in [1.165, 1.54) is 42.6 Å². The van der Waals surface area contributed by atoms with Crippen molar-refractivity contribution < 1.29 is 0 Å². The Balaban J connectivity index is 1.95. The number of nitrogens with one attached hydrogen (secondary N) is 1. The van der Waals surface area contributed by atoms with Gasteiger partial charge in [-0.3, -0.25) is 0 Å². The van der Waals surface area contributed by atoms with Crippen LogP contribution in [0.2, 0.25) is 0 Å². The van der Waals surface area contributed by atoms with Gasteiger partial charge in [-0.2, -0.15) is 0 Å². The molecule has 0 saturated heterocycles. The highest BCUT2D eigenvalue weighted by atomic mass is 15.1. The van der Waals surface area contributed by atoms with Crippen LogP contribution in [0.25, 0.3) is 11.0 Å². The highest BCUT2D eigenvalue weighted by Crippen LogP contribution is 2.34. The molecule has 0 aliphatic heterocycles. The number of benzene rings is 1. The van der Waals surface area contributed by atoms with Gasteiger partial charge in [0.05, 0.1) is 11.0 Å². The summed E-state index contributed by atoms with van der Waals surface area (Å²) in [4.78, 5) is 4.91. The number of likely N-dealkylation sites (N-methyl/N-ethyl adjacent to an activating group) is 1. The van der Waals surface area contributed by atoms with Gasteiger partial charge in [-0.1, -0.05) is 18.9 Å². The Labute approximate surface area is 115 Å². The fraction of sp³-hybridized carbons (Fsp3) is 0.562. The van der Waals surface area contributed by atoms with Crippen molar-refractivity contribution >= 4 is 11.0 Å². The summed E-state index contributed by atoms with van der Waals surface area (Å²) in [5.41, 5.74) is 3.81. The Kier molecular flexibility index (Phi) is 3.56. The fourth-order valence-corrected chi connectivity index (χ4v) is 3.24. The van der Waals surface area contributed by atoms with E-state index in [4.69, 9.17) is 4.98 Å². The van der Waals surface area contributed by atoms with E-state index in [0.29, 0.717) is 5.92 Å². The Hall–Kier alpha value is -1.35. The van der Waals surface area contributed by atoms with Crippen LogP contribution in [0.5, 0.6) is 0 Å². The SMILES string of the molecule is CNCCc1ccc2c(c1)nc(C1CCCC1)n2C. The lowest BCUT2D eigenvalue weighted by molar-refractivity contribution is 0.639. The van der Waals surface area contributed by atoms with Crippen molar-refractivity contribution in [2.24, 2.45) is 7.05 Å². The second kappa shape index (κ2) is 5.33. The molecule has 1 fully saturated rings. The van der Waals surface area contributed by atoms with E-state index in [1.807, 2.05) is 7.05 Å². The summed E-state index contributed by atoms with van der Waals surface area (Å²) in [6, 6.07) is 6.72. The molecule has 1 aliphatic carbocycles. The van der Waals surface area contributed by atoms with Gasteiger partial charge in [-0.25, -0.2) is 4.98 Å². The van der Waals surface area contributed by atoms with E-state index in [-0.39, 0.29) is 0 Å². The minimum Gasteiger partial charge on any atom is -0.331 e. The van der Waals surface area contributed by atoms with Gasteiger partial charge in [0.15, 0.2) is 0 Å². The van der Waals surface area contributed by atoms with E-state index in [0.717, 1.165) is 18.5 Å². The molecule has 0 bridgehead atoms. The molecule has 0 unspecified atom stereocenters. The van der Waals surface area contributed by atoms with Gasteiger partial charge in [-0.05, 0) is 50.6 Å². The summed E-state index contributed by atoms with van der Waals surface area (Å²) in [6.07, 6.45) is 6.41. The van der Waals surface area contributed by atoms with Crippen LogP contribution in [0.3, 0.4) is 0 Å². The smallest absolute Gasteiger partial charge is 0.112 e. The maximum Gasteiger partial charge on any atom is 0.112 e. The average Bonchev–Trinajstić information content (AvgIpc) is 3.04. The molecule has 1 aromatic carbocycles. The zero-order valence-electron chi connectivity index (χ0n) is 11.9. The lowest BCUT2D eigenvalue weighted by Crippen LogP contribution is -2.10. The minimum absolute atomic E-state index is 0.679. The van der Waals surface area contributed by atoms with Crippen LogP contribution in [0.1, 0.15) is 43.0 Å². The number of hydrogen-bond donors (Lipinski definition) is 1. The van der Waals surface area contributed by atoms with E-state index in [1.54, 1.807) is 0 Å². The predicted octanol–water partition coefficient (Wildman–Crippen LogP) is 2.99. The third-order valence-electron chi connectivity index (χ3n) is 4.36. The molecule has 0 atom stereocenters. The maximum absolute atomic E-state index is 4.91. The fourth-order valence-electron chi connectivity index (χ4n) is 3.24. The quantitative estimate of drug-likeness (QED) is 0.912. The number of nitrogens with zero attached hydrogens (tertiary/aromatic N) is 2. The van der Waals surface area contributed by atoms with Gasteiger partial charge in [0.25, 0.3) is 0 Å². The summed E-state index contributed by atoms with van der Waals surface area (Å²) in [5.74, 6) is 1.97. The van der Waals surface area contributed by atoms with E-state index < -0.39 is 0 Å². The Morgan fingerprint density at radius 1 is 1.32 bits per heavy atom. The monoisotopic (exact) mass is 257 g/mol. The summed E-state index contributed by atoms with van der Waals surface area (Å²) >= 11 is 0. The van der Waals surface area contributed by atoms with Crippen molar-refractivity contribution in [2.45, 2.75) is 38.0 Å². The number of imidazole rings is 1. The van der Waals surface area contributed by atoms with Crippen molar-refractivity contribution in [3.63, 3.8) is 0 Å². The first-order chi connectivity index (χ1) is 9.29. The molecule has 3 heteroatoms. The number of aromatic nitrogens is 2. The summed E-state index contributed by atoms with van der Waals surface area (Å²) in [6.45, 7) is 1.02. The van der Waals surface area contributed by atoms with Gasteiger partial charge in [0, 0.05) is 13.0 Å². The first kappa shape index (κ1) is 12.7. The second-order valence-electron chi connectivity index (χ2n) is 5.69. The Bertz CT molecular complexity index is 565. The number of rotatable bonds is 4. The molecule has 0 spiro atoms. The lowest BCUT2D eigenvalue weighted by atomic mass is 10.1. The van der Waals surface area contributed by atoms with Crippen LogP contribution < -0.4 is 5.32 Å². The number of aryl methyl sites for hydroxylation is 1. The van der Waals surface area contributed by atoms with Gasteiger partial charge >= 0.3 is 0 Å². The van der Waals surface area contributed by atoms with Crippen molar-refractivity contribution in [3.8, 4) is 0 Å². The average molecular weight is 257 g/mol. The van der Waals surface area contributed by atoms with Gasteiger partial charge in [0.1, 0.15) is 5.82 Å². The van der Waals surface area contributed by atoms with Gasteiger partial charge in [0.2, 0.25) is 0 Å². The van der Waals surface area contributed by atoms with Crippen molar-refractivity contribution in [1.29, 1.82) is 0 Å². The first-order valence-electron chi connectivity index (χ1n) is 7.39. The first-order valence-corrected chi connectivity index (χ1v) is 7.39. The standard InChI is InChI=1S/C16H23N3/c1-17-10-9-12-7-8-15-14(11-12)18-16(19(15)2)13-5-3-4-6-13/h7-8,11,13,17H,3-6,9-10H2,1-2H3. The van der Waals surface area contributed by atoms with E-state index in [2.05, 4.69) is 35.1 Å². The summed E-state index contributed by atoms with van der Waals surface area (Å²) in [7, 11) is 4.16. The molecule has 0 radical (unpaired) electrons. The highest BCUT2D eigenvalue weighted by Gasteiger charge is 2.22. The minimum atomic E-state index is 0.679. The lowest BCUT2D eigenvalue weighted by Gasteiger charge is -2.08. The van der Waals surface area contributed by atoms with Crippen LogP contribution >= 0.6 is 0 Å². The molecule has 3 rings (SSSR count). The normalized spacial score (nSPS) is 16.5. The Morgan fingerprint density at radius 2 is 2.11 bits per heavy atom. The van der Waals surface area contributed by atoms with Gasteiger partial charge < -0.3 is 9.88 Å². The molecule has 102 valence electrons. The van der Waals surface area contributed by atoms with Crippen molar-refractivity contribution in [1.82, 2.24) is 14.9 Å². The molecule has 1 saturated carbocycles. The molecule has 0 amide bonds.